The average molecular weight is 503 g/mol. The van der Waals surface area contributed by atoms with Gasteiger partial charge in [-0.15, -0.1) is 0 Å². The van der Waals surface area contributed by atoms with Gasteiger partial charge >= 0.3 is 0 Å². The number of hydrogen-bond donors (Lipinski definition) is 0. The van der Waals surface area contributed by atoms with Gasteiger partial charge in [0.25, 0.3) is 0 Å². The molecule has 0 amide bonds. The summed E-state index contributed by atoms with van der Waals surface area (Å²) in [4.78, 5) is 31.3. The van der Waals surface area contributed by atoms with Crippen LogP contribution < -0.4 is 0 Å². The first-order valence-electron chi connectivity index (χ1n) is 13.9. The van der Waals surface area contributed by atoms with Crippen molar-refractivity contribution in [2.24, 2.45) is 41.4 Å². The first kappa shape index (κ1) is 34.2. The lowest BCUT2D eigenvalue weighted by Crippen LogP contribution is -2.24. The average Bonchev–Trinajstić information content (AvgIpc) is 2.79. The van der Waals surface area contributed by atoms with Gasteiger partial charge in [0.1, 0.15) is 25.5 Å². The third-order valence-electron chi connectivity index (χ3n) is 7.55. The summed E-state index contributed by atoms with van der Waals surface area (Å²) in [6.45, 7) is 20.3. The molecule has 4 heteroatoms. The predicted octanol–water partition coefficient (Wildman–Crippen LogP) is 7.82. The summed E-state index contributed by atoms with van der Waals surface area (Å²) in [7, 11) is 0. The molecule has 0 fully saturated rings. The Morgan fingerprint density at radius 1 is 0.944 bits per heavy atom. The molecule has 0 saturated carbocycles. The molecule has 4 nitrogen and oxygen atoms in total. The summed E-state index contributed by atoms with van der Waals surface area (Å²) in [5.41, 5.74) is 4.19. The van der Waals surface area contributed by atoms with Crippen molar-refractivity contribution in [1.82, 2.24) is 0 Å². The largest absolute Gasteiger partial charge is 0.374 e. The molecule has 0 aromatic rings. The standard InChI is InChI=1S/C12H22O2.2C10H16O/c1-11(2)5-4-6-12(3)7-9-14-10-8-13;1-7-4-8(2)9(3)10(5-7)6-11;1-7-4-8(2)10(6-11)9(3)5-7/h5,8,12H,4,6-7,9-10H2,1-3H3;2*4,6,8-10H,5H2,1-3H3. The van der Waals surface area contributed by atoms with Crippen molar-refractivity contribution in [2.75, 3.05) is 13.2 Å². The van der Waals surface area contributed by atoms with Gasteiger partial charge in [0.15, 0.2) is 0 Å². The number of carbonyl (C=O) groups is 3. The van der Waals surface area contributed by atoms with Crippen LogP contribution in [0.2, 0.25) is 0 Å². The summed E-state index contributed by atoms with van der Waals surface area (Å²) in [5.74, 6) is 3.25. The molecule has 0 N–H and O–H groups in total. The maximum atomic E-state index is 10.7. The van der Waals surface area contributed by atoms with E-state index in [1.54, 1.807) is 0 Å². The fourth-order valence-corrected chi connectivity index (χ4v) is 5.05. The van der Waals surface area contributed by atoms with Gasteiger partial charge in [0.2, 0.25) is 0 Å². The van der Waals surface area contributed by atoms with Crippen molar-refractivity contribution < 1.29 is 19.1 Å². The maximum Gasteiger partial charge on any atom is 0.145 e. The van der Waals surface area contributed by atoms with Gasteiger partial charge in [-0.05, 0) is 89.4 Å². The molecule has 7 unspecified atom stereocenters. The number of aldehydes is 3. The lowest BCUT2D eigenvalue weighted by molar-refractivity contribution is -0.114. The summed E-state index contributed by atoms with van der Waals surface area (Å²) in [6.07, 6.45) is 15.2. The molecule has 0 saturated heterocycles. The number of ether oxygens (including phenoxy) is 1. The molecule has 0 heterocycles. The van der Waals surface area contributed by atoms with Gasteiger partial charge in [-0.1, -0.05) is 69.6 Å². The summed E-state index contributed by atoms with van der Waals surface area (Å²) < 4.78 is 5.10. The van der Waals surface area contributed by atoms with Crippen LogP contribution in [-0.2, 0) is 19.1 Å². The summed E-state index contributed by atoms with van der Waals surface area (Å²) >= 11 is 0. The third kappa shape index (κ3) is 14.7. The van der Waals surface area contributed by atoms with Crippen LogP contribution in [0.1, 0.15) is 94.4 Å². The number of hydrogen-bond acceptors (Lipinski definition) is 4. The minimum atomic E-state index is 0.237. The van der Waals surface area contributed by atoms with E-state index in [2.05, 4.69) is 80.5 Å². The highest BCUT2D eigenvalue weighted by molar-refractivity contribution is 5.56. The molecular formula is C32H54O4. The third-order valence-corrected chi connectivity index (χ3v) is 7.55. The normalized spacial score (nSPS) is 28.0. The van der Waals surface area contributed by atoms with E-state index in [9.17, 15) is 14.4 Å². The van der Waals surface area contributed by atoms with E-state index in [0.29, 0.717) is 36.2 Å². The molecule has 2 aliphatic carbocycles. The second kappa shape index (κ2) is 19.3. The first-order valence-corrected chi connectivity index (χ1v) is 13.9. The second-order valence-electron chi connectivity index (χ2n) is 11.5. The fraction of sp³-hybridized carbons (Fsp3) is 0.719. The lowest BCUT2D eigenvalue weighted by Gasteiger charge is -2.28. The molecule has 0 aromatic carbocycles. The molecular weight excluding hydrogens is 448 g/mol. The lowest BCUT2D eigenvalue weighted by atomic mass is 9.76. The monoisotopic (exact) mass is 502 g/mol. The van der Waals surface area contributed by atoms with Crippen molar-refractivity contribution in [1.29, 1.82) is 0 Å². The highest BCUT2D eigenvalue weighted by atomic mass is 16.5. The van der Waals surface area contributed by atoms with Crippen LogP contribution in [-0.4, -0.2) is 32.1 Å². The van der Waals surface area contributed by atoms with Crippen molar-refractivity contribution in [3.63, 3.8) is 0 Å². The minimum absolute atomic E-state index is 0.237. The molecule has 0 aromatic heterocycles. The molecule has 7 atom stereocenters. The molecule has 206 valence electrons. The fourth-order valence-electron chi connectivity index (χ4n) is 5.05. The highest BCUT2D eigenvalue weighted by Gasteiger charge is 2.26. The molecule has 36 heavy (non-hydrogen) atoms. The van der Waals surface area contributed by atoms with E-state index in [1.807, 2.05) is 0 Å². The summed E-state index contributed by atoms with van der Waals surface area (Å²) in [6, 6.07) is 0. The molecule has 0 bridgehead atoms. The number of carbonyl (C=O) groups excluding carboxylic acids is 3. The Hall–Kier alpha value is -1.81. The topological polar surface area (TPSA) is 60.4 Å². The predicted molar refractivity (Wildman–Crippen MR) is 152 cm³/mol. The zero-order chi connectivity index (χ0) is 27.7. The van der Waals surface area contributed by atoms with E-state index in [0.717, 1.165) is 44.5 Å². The van der Waals surface area contributed by atoms with Crippen molar-refractivity contribution in [2.45, 2.75) is 94.4 Å². The van der Waals surface area contributed by atoms with Gasteiger partial charge in [0, 0.05) is 18.4 Å². The number of rotatable bonds is 10. The van der Waals surface area contributed by atoms with Gasteiger partial charge in [-0.2, -0.15) is 0 Å². The summed E-state index contributed by atoms with van der Waals surface area (Å²) in [5, 5.41) is 0. The zero-order valence-electron chi connectivity index (χ0n) is 24.6. The van der Waals surface area contributed by atoms with Crippen LogP contribution in [0.5, 0.6) is 0 Å². The molecule has 0 aliphatic heterocycles. The van der Waals surface area contributed by atoms with Gasteiger partial charge in [0.05, 0.1) is 0 Å². The molecule has 2 aliphatic rings. The Morgan fingerprint density at radius 3 is 2.08 bits per heavy atom. The Bertz CT molecular complexity index is 728. The van der Waals surface area contributed by atoms with Crippen LogP contribution >= 0.6 is 0 Å². The Balaban J connectivity index is 0.000000515. The van der Waals surface area contributed by atoms with Crippen molar-refractivity contribution in [3.8, 4) is 0 Å². The van der Waals surface area contributed by atoms with Crippen LogP contribution in [0, 0.1) is 41.4 Å². The van der Waals surface area contributed by atoms with Crippen LogP contribution in [0.15, 0.2) is 34.9 Å². The smallest absolute Gasteiger partial charge is 0.145 e. The molecule has 0 spiro atoms. The van der Waals surface area contributed by atoms with Gasteiger partial charge in [-0.3, -0.25) is 0 Å². The van der Waals surface area contributed by atoms with E-state index in [1.165, 1.54) is 23.1 Å². The Labute approximate surface area is 222 Å². The van der Waals surface area contributed by atoms with E-state index < -0.39 is 0 Å². The minimum Gasteiger partial charge on any atom is -0.374 e. The quantitative estimate of drug-likeness (QED) is 0.173. The van der Waals surface area contributed by atoms with E-state index >= 15 is 0 Å². The number of allylic oxidation sites excluding steroid dienone is 6. The van der Waals surface area contributed by atoms with Crippen LogP contribution in [0.3, 0.4) is 0 Å². The first-order chi connectivity index (χ1) is 17.0. The second-order valence-corrected chi connectivity index (χ2v) is 11.5. The Kier molecular flexibility index (Phi) is 18.3. The van der Waals surface area contributed by atoms with Crippen LogP contribution in [0.4, 0.5) is 0 Å². The van der Waals surface area contributed by atoms with E-state index in [4.69, 9.17) is 4.74 Å². The van der Waals surface area contributed by atoms with Gasteiger partial charge < -0.3 is 19.1 Å². The highest BCUT2D eigenvalue weighted by Crippen LogP contribution is 2.32. The molecule has 2 rings (SSSR count). The van der Waals surface area contributed by atoms with E-state index in [-0.39, 0.29) is 18.4 Å². The van der Waals surface area contributed by atoms with Crippen LogP contribution in [0.25, 0.3) is 0 Å². The SMILES string of the molecule is CC(C)=CCCC(C)CCOCC=O.CC1=CC(C)C(C)C(C=O)C1.CC1=CC(C)C(C=O)C(C)C1. The maximum absolute atomic E-state index is 10.7. The Morgan fingerprint density at radius 2 is 1.56 bits per heavy atom. The molecule has 0 radical (unpaired) electrons. The van der Waals surface area contributed by atoms with Gasteiger partial charge in [-0.25, -0.2) is 0 Å². The zero-order valence-corrected chi connectivity index (χ0v) is 24.6. The van der Waals surface area contributed by atoms with Crippen molar-refractivity contribution in [3.05, 3.63) is 34.9 Å². The van der Waals surface area contributed by atoms with Crippen molar-refractivity contribution >= 4 is 18.9 Å².